The molecule has 2 aromatic carbocycles. The van der Waals surface area contributed by atoms with Gasteiger partial charge in [0.25, 0.3) is 5.56 Å². The number of benzene rings is 2. The van der Waals surface area contributed by atoms with Crippen LogP contribution >= 0.6 is 23.2 Å². The molecule has 4 rings (SSSR count). The van der Waals surface area contributed by atoms with Gasteiger partial charge in [0, 0.05) is 23.7 Å². The average Bonchev–Trinajstić information content (AvgIpc) is 3.06. The smallest absolute Gasteiger partial charge is 0.275 e. The van der Waals surface area contributed by atoms with Crippen LogP contribution in [0.25, 0.3) is 33.2 Å². The maximum Gasteiger partial charge on any atom is 0.275 e. The molecule has 3 N–H and O–H groups in total. The van der Waals surface area contributed by atoms with Crippen molar-refractivity contribution in [2.45, 2.75) is 26.3 Å². The predicted molar refractivity (Wildman–Crippen MR) is 116 cm³/mol. The van der Waals surface area contributed by atoms with Crippen LogP contribution in [0.15, 0.2) is 41.3 Å². The van der Waals surface area contributed by atoms with Gasteiger partial charge in [-0.1, -0.05) is 48.3 Å². The summed E-state index contributed by atoms with van der Waals surface area (Å²) in [4.78, 5) is 20.3. The van der Waals surface area contributed by atoms with Gasteiger partial charge in [-0.2, -0.15) is 0 Å². The van der Waals surface area contributed by atoms with Crippen LogP contribution in [0.3, 0.4) is 0 Å². The Bertz CT molecular complexity index is 1240. The number of para-hydroxylation sites is 1. The highest BCUT2D eigenvalue weighted by Crippen LogP contribution is 2.32. The Labute approximate surface area is 172 Å². The molecule has 0 atom stereocenters. The molecule has 28 heavy (non-hydrogen) atoms. The van der Waals surface area contributed by atoms with E-state index in [1.807, 2.05) is 18.3 Å². The standard InChI is InChI=1S/C21H20Cl2N4O/c1-2-12-5-3-6-13-14(11-27(20(12)13)8-4-7-24)19-21(28)26-18-10-16(23)15(22)9-17(18)25-19/h3,5-6,9-11H,2,4,7-8,24H2,1H3,(H,26,28). The summed E-state index contributed by atoms with van der Waals surface area (Å²) in [6.45, 7) is 3.52. The molecular weight excluding hydrogens is 395 g/mol. The maximum atomic E-state index is 12.8. The molecule has 4 aromatic rings. The molecule has 7 heteroatoms. The molecule has 2 aromatic heterocycles. The third kappa shape index (κ3) is 3.20. The molecule has 0 aliphatic heterocycles. The van der Waals surface area contributed by atoms with Crippen LogP contribution in [0, 0.1) is 0 Å². The number of H-pyrrole nitrogens is 1. The molecule has 0 radical (unpaired) electrons. The lowest BCUT2D eigenvalue weighted by Crippen LogP contribution is -2.11. The Morgan fingerprint density at radius 1 is 1.21 bits per heavy atom. The third-order valence-corrected chi connectivity index (χ3v) is 5.68. The summed E-state index contributed by atoms with van der Waals surface area (Å²) in [6.07, 6.45) is 3.76. The molecular formula is C21H20Cl2N4O. The van der Waals surface area contributed by atoms with Gasteiger partial charge >= 0.3 is 0 Å². The summed E-state index contributed by atoms with van der Waals surface area (Å²) in [5, 5.41) is 1.79. The molecule has 0 bridgehead atoms. The maximum absolute atomic E-state index is 12.8. The van der Waals surface area contributed by atoms with Gasteiger partial charge in [-0.3, -0.25) is 4.79 Å². The van der Waals surface area contributed by atoms with E-state index in [2.05, 4.69) is 27.5 Å². The number of rotatable bonds is 5. The van der Waals surface area contributed by atoms with E-state index < -0.39 is 0 Å². The van der Waals surface area contributed by atoms with Crippen molar-refractivity contribution in [3.8, 4) is 11.3 Å². The summed E-state index contributed by atoms with van der Waals surface area (Å²) in [6, 6.07) is 9.46. The zero-order valence-electron chi connectivity index (χ0n) is 15.4. The Morgan fingerprint density at radius 3 is 2.75 bits per heavy atom. The van der Waals surface area contributed by atoms with Crippen LogP contribution in [-0.2, 0) is 13.0 Å². The molecule has 5 nitrogen and oxygen atoms in total. The highest BCUT2D eigenvalue weighted by molar-refractivity contribution is 6.42. The van der Waals surface area contributed by atoms with E-state index in [9.17, 15) is 4.79 Å². The second-order valence-corrected chi connectivity index (χ2v) is 7.56. The molecule has 0 fully saturated rings. The van der Waals surface area contributed by atoms with Gasteiger partial charge in [0.2, 0.25) is 0 Å². The van der Waals surface area contributed by atoms with E-state index in [1.54, 1.807) is 12.1 Å². The molecule has 0 aliphatic rings. The van der Waals surface area contributed by atoms with E-state index in [0.29, 0.717) is 33.3 Å². The van der Waals surface area contributed by atoms with Gasteiger partial charge < -0.3 is 15.3 Å². The third-order valence-electron chi connectivity index (χ3n) is 4.96. The van der Waals surface area contributed by atoms with E-state index in [4.69, 9.17) is 28.9 Å². The molecule has 0 unspecified atom stereocenters. The number of hydrogen-bond donors (Lipinski definition) is 2. The molecule has 0 amide bonds. The highest BCUT2D eigenvalue weighted by atomic mass is 35.5. The summed E-state index contributed by atoms with van der Waals surface area (Å²) in [5.74, 6) is 0. The average molecular weight is 415 g/mol. The topological polar surface area (TPSA) is 76.7 Å². The van der Waals surface area contributed by atoms with Crippen molar-refractivity contribution in [3.63, 3.8) is 0 Å². The van der Waals surface area contributed by atoms with Crippen molar-refractivity contribution in [2.24, 2.45) is 5.73 Å². The Hall–Kier alpha value is -2.34. The minimum Gasteiger partial charge on any atom is -0.347 e. The largest absolute Gasteiger partial charge is 0.347 e. The predicted octanol–water partition coefficient (Wildman–Crippen LogP) is 4.76. The monoisotopic (exact) mass is 414 g/mol. The summed E-state index contributed by atoms with van der Waals surface area (Å²) < 4.78 is 2.18. The van der Waals surface area contributed by atoms with Crippen LogP contribution in [-0.4, -0.2) is 21.1 Å². The van der Waals surface area contributed by atoms with Gasteiger partial charge in [-0.05, 0) is 37.1 Å². The lowest BCUT2D eigenvalue weighted by atomic mass is 10.1. The molecule has 0 saturated carbocycles. The number of aromatic amines is 1. The zero-order chi connectivity index (χ0) is 19.8. The minimum atomic E-state index is -0.259. The fraction of sp³-hybridized carbons (Fsp3) is 0.238. The van der Waals surface area contributed by atoms with Gasteiger partial charge in [-0.15, -0.1) is 0 Å². The molecule has 144 valence electrons. The van der Waals surface area contributed by atoms with E-state index in [0.717, 1.165) is 35.9 Å². The number of hydrogen-bond acceptors (Lipinski definition) is 3. The zero-order valence-corrected chi connectivity index (χ0v) is 16.9. The number of halogens is 2. The van der Waals surface area contributed by atoms with Crippen LogP contribution in [0.5, 0.6) is 0 Å². The van der Waals surface area contributed by atoms with Gasteiger partial charge in [0.1, 0.15) is 5.69 Å². The van der Waals surface area contributed by atoms with Crippen molar-refractivity contribution in [2.75, 3.05) is 6.54 Å². The summed E-state index contributed by atoms with van der Waals surface area (Å²) in [5.41, 5.74) is 10.1. The van der Waals surface area contributed by atoms with Crippen molar-refractivity contribution in [1.29, 1.82) is 0 Å². The molecule has 0 spiro atoms. The van der Waals surface area contributed by atoms with Crippen molar-refractivity contribution < 1.29 is 0 Å². The fourth-order valence-electron chi connectivity index (χ4n) is 3.61. The van der Waals surface area contributed by atoms with Crippen LogP contribution in [0.1, 0.15) is 18.9 Å². The number of nitrogens with two attached hydrogens (primary N) is 1. The number of nitrogens with zero attached hydrogens (tertiary/aromatic N) is 2. The first-order valence-electron chi connectivity index (χ1n) is 9.23. The highest BCUT2D eigenvalue weighted by Gasteiger charge is 2.17. The van der Waals surface area contributed by atoms with Gasteiger partial charge in [0.15, 0.2) is 0 Å². The summed E-state index contributed by atoms with van der Waals surface area (Å²) >= 11 is 12.2. The number of aryl methyl sites for hydroxylation is 2. The normalized spacial score (nSPS) is 11.6. The number of nitrogens with one attached hydrogen (secondary N) is 1. The number of fused-ring (bicyclic) bond motifs is 2. The van der Waals surface area contributed by atoms with Crippen molar-refractivity contribution in [3.05, 3.63) is 62.5 Å². The second kappa shape index (κ2) is 7.59. The molecule has 0 aliphatic carbocycles. The lowest BCUT2D eigenvalue weighted by Gasteiger charge is -2.07. The minimum absolute atomic E-state index is 0.259. The Balaban J connectivity index is 2.00. The Kier molecular flexibility index (Phi) is 5.15. The van der Waals surface area contributed by atoms with Gasteiger partial charge in [-0.25, -0.2) is 4.98 Å². The first-order valence-corrected chi connectivity index (χ1v) is 9.99. The van der Waals surface area contributed by atoms with Crippen LogP contribution in [0.4, 0.5) is 0 Å². The summed E-state index contributed by atoms with van der Waals surface area (Å²) in [7, 11) is 0. The Morgan fingerprint density at radius 2 is 2.00 bits per heavy atom. The van der Waals surface area contributed by atoms with Crippen LogP contribution in [0.2, 0.25) is 10.0 Å². The molecule has 0 saturated heterocycles. The SMILES string of the molecule is CCc1cccc2c(-c3nc4cc(Cl)c(Cl)cc4[nH]c3=O)cn(CCCN)c12. The van der Waals surface area contributed by atoms with Crippen molar-refractivity contribution >= 4 is 45.1 Å². The second-order valence-electron chi connectivity index (χ2n) is 6.74. The first kappa shape index (κ1) is 19.0. The van der Waals surface area contributed by atoms with E-state index in [-0.39, 0.29) is 5.56 Å². The number of aromatic nitrogens is 3. The van der Waals surface area contributed by atoms with Gasteiger partial charge in [0.05, 0.1) is 26.6 Å². The lowest BCUT2D eigenvalue weighted by molar-refractivity contribution is 0.669. The van der Waals surface area contributed by atoms with E-state index >= 15 is 0 Å². The van der Waals surface area contributed by atoms with E-state index in [1.165, 1.54) is 5.56 Å². The van der Waals surface area contributed by atoms with Crippen LogP contribution < -0.4 is 11.3 Å². The first-order chi connectivity index (χ1) is 13.5. The quantitative estimate of drug-likeness (QED) is 0.493. The van der Waals surface area contributed by atoms with Crippen molar-refractivity contribution in [1.82, 2.24) is 14.5 Å². The fourth-order valence-corrected chi connectivity index (χ4v) is 3.94. The molecule has 2 heterocycles.